The van der Waals surface area contributed by atoms with Crippen molar-refractivity contribution in [2.24, 2.45) is 5.10 Å². The Bertz CT molecular complexity index is 1390. The first kappa shape index (κ1) is 24.3. The number of imidazole rings is 1. The van der Waals surface area contributed by atoms with Gasteiger partial charge in [-0.05, 0) is 54.1 Å². The van der Waals surface area contributed by atoms with Gasteiger partial charge >= 0.3 is 5.82 Å². The monoisotopic (exact) mass is 484 g/mol. The predicted molar refractivity (Wildman–Crippen MR) is 138 cm³/mol. The SMILES string of the molecule is COc1ccc(-c2n(/N=C/c3ccc(N(C)C)cc3)cc[n+]2CC(=O)c2ccc([N+](=O)[O-])cc2)cc1. The minimum atomic E-state index is -0.489. The van der Waals surface area contributed by atoms with E-state index in [0.717, 1.165) is 22.6 Å². The number of anilines is 1. The number of hydrogen-bond donors (Lipinski definition) is 0. The summed E-state index contributed by atoms with van der Waals surface area (Å²) in [5, 5.41) is 15.6. The molecule has 4 aromatic rings. The zero-order valence-electron chi connectivity index (χ0n) is 20.2. The molecule has 3 aromatic carbocycles. The normalized spacial score (nSPS) is 11.0. The molecule has 0 amide bonds. The molecule has 36 heavy (non-hydrogen) atoms. The van der Waals surface area contributed by atoms with Crippen LogP contribution in [-0.4, -0.2) is 42.8 Å². The summed E-state index contributed by atoms with van der Waals surface area (Å²) < 4.78 is 8.80. The van der Waals surface area contributed by atoms with Crippen molar-refractivity contribution >= 4 is 23.4 Å². The second kappa shape index (κ2) is 10.6. The van der Waals surface area contributed by atoms with E-state index in [-0.39, 0.29) is 18.0 Å². The second-order valence-corrected chi connectivity index (χ2v) is 8.28. The van der Waals surface area contributed by atoms with Gasteiger partial charge in [-0.2, -0.15) is 0 Å². The van der Waals surface area contributed by atoms with Crippen LogP contribution in [0.25, 0.3) is 11.4 Å². The number of rotatable bonds is 9. The smallest absolute Gasteiger partial charge is 0.314 e. The van der Waals surface area contributed by atoms with Crippen LogP contribution in [0.4, 0.5) is 11.4 Å². The summed E-state index contributed by atoms with van der Waals surface area (Å²) >= 11 is 0. The first-order valence-corrected chi connectivity index (χ1v) is 11.2. The molecule has 0 bridgehead atoms. The highest BCUT2D eigenvalue weighted by molar-refractivity contribution is 5.95. The fraction of sp³-hybridized carbons (Fsp3) is 0.148. The lowest BCUT2D eigenvalue weighted by Crippen LogP contribution is -2.38. The molecule has 0 aliphatic heterocycles. The Labute approximate surface area is 208 Å². The molecule has 4 rings (SSSR count). The molecule has 0 aliphatic carbocycles. The number of ketones is 1. The standard InChI is InChI=1S/C27H26N5O4/c1-29(2)23-10-4-20(5-11-23)18-28-31-17-16-30(27(31)22-8-14-25(36-3)15-9-22)19-26(33)21-6-12-24(13-7-21)32(34)35/h4-18H,19H2,1-3H3/q+1/b28-18+. The number of nitro groups is 1. The number of Topliss-reactive ketones (excluding diaryl/α,β-unsaturated/α-hetero) is 1. The molecule has 9 heteroatoms. The van der Waals surface area contributed by atoms with E-state index in [1.165, 1.54) is 24.3 Å². The van der Waals surface area contributed by atoms with Gasteiger partial charge < -0.3 is 9.64 Å². The van der Waals surface area contributed by atoms with Crippen molar-refractivity contribution in [3.05, 3.63) is 106 Å². The van der Waals surface area contributed by atoms with Crippen LogP contribution in [-0.2, 0) is 6.54 Å². The Balaban J connectivity index is 1.66. The van der Waals surface area contributed by atoms with Gasteiger partial charge in [-0.3, -0.25) is 14.9 Å². The fourth-order valence-corrected chi connectivity index (χ4v) is 3.68. The Morgan fingerprint density at radius 2 is 1.72 bits per heavy atom. The molecule has 0 atom stereocenters. The van der Waals surface area contributed by atoms with Crippen LogP contribution in [0.1, 0.15) is 15.9 Å². The van der Waals surface area contributed by atoms with E-state index in [1.54, 1.807) is 35.0 Å². The molecule has 0 N–H and O–H groups in total. The molecule has 0 saturated carbocycles. The molecule has 0 radical (unpaired) electrons. The predicted octanol–water partition coefficient (Wildman–Crippen LogP) is 4.19. The summed E-state index contributed by atoms with van der Waals surface area (Å²) in [5.41, 5.74) is 3.21. The van der Waals surface area contributed by atoms with Crippen LogP contribution in [0.5, 0.6) is 5.75 Å². The molecule has 182 valence electrons. The number of ether oxygens (including phenoxy) is 1. The van der Waals surface area contributed by atoms with Gasteiger partial charge in [0.05, 0.1) is 23.8 Å². The molecular weight excluding hydrogens is 458 g/mol. The minimum absolute atomic E-state index is 0.0409. The van der Waals surface area contributed by atoms with Crippen molar-refractivity contribution < 1.29 is 19.0 Å². The van der Waals surface area contributed by atoms with E-state index in [0.29, 0.717) is 11.4 Å². The van der Waals surface area contributed by atoms with Crippen molar-refractivity contribution in [2.75, 3.05) is 26.1 Å². The quantitative estimate of drug-likeness (QED) is 0.117. The fourth-order valence-electron chi connectivity index (χ4n) is 3.68. The van der Waals surface area contributed by atoms with Crippen molar-refractivity contribution in [3.63, 3.8) is 0 Å². The largest absolute Gasteiger partial charge is 0.497 e. The lowest BCUT2D eigenvalue weighted by Gasteiger charge is -2.11. The summed E-state index contributed by atoms with van der Waals surface area (Å²) in [7, 11) is 5.58. The van der Waals surface area contributed by atoms with Crippen molar-refractivity contribution in [2.45, 2.75) is 6.54 Å². The van der Waals surface area contributed by atoms with Gasteiger partial charge in [-0.25, -0.2) is 4.57 Å². The van der Waals surface area contributed by atoms with Crippen LogP contribution >= 0.6 is 0 Å². The Morgan fingerprint density at radius 3 is 2.31 bits per heavy atom. The summed E-state index contributed by atoms with van der Waals surface area (Å²) in [6.45, 7) is 0.0409. The van der Waals surface area contributed by atoms with E-state index < -0.39 is 4.92 Å². The number of aromatic nitrogens is 2. The van der Waals surface area contributed by atoms with Gasteiger partial charge in [0.15, 0.2) is 12.7 Å². The zero-order chi connectivity index (χ0) is 25.7. The maximum absolute atomic E-state index is 13.0. The molecule has 9 nitrogen and oxygen atoms in total. The highest BCUT2D eigenvalue weighted by Crippen LogP contribution is 2.21. The van der Waals surface area contributed by atoms with Crippen LogP contribution in [0.15, 0.2) is 90.3 Å². The highest BCUT2D eigenvalue weighted by Gasteiger charge is 2.23. The first-order chi connectivity index (χ1) is 17.4. The number of carbonyl (C=O) groups is 1. The number of non-ortho nitro benzene ring substituents is 1. The average Bonchev–Trinajstić information content (AvgIpc) is 3.29. The van der Waals surface area contributed by atoms with Gasteiger partial charge in [-0.1, -0.05) is 17.2 Å². The summed E-state index contributed by atoms with van der Waals surface area (Å²) in [4.78, 5) is 25.5. The number of benzene rings is 3. The third-order valence-corrected chi connectivity index (χ3v) is 5.68. The Kier molecular flexibility index (Phi) is 7.20. The van der Waals surface area contributed by atoms with Gasteiger partial charge in [0, 0.05) is 37.5 Å². The van der Waals surface area contributed by atoms with Crippen LogP contribution in [0, 0.1) is 10.1 Å². The maximum Gasteiger partial charge on any atom is 0.314 e. The number of methoxy groups -OCH3 is 1. The average molecular weight is 485 g/mol. The van der Waals surface area contributed by atoms with E-state index in [4.69, 9.17) is 4.74 Å². The molecular formula is C27H26N5O4+. The van der Waals surface area contributed by atoms with E-state index >= 15 is 0 Å². The van der Waals surface area contributed by atoms with Gasteiger partial charge in [0.2, 0.25) is 5.78 Å². The zero-order valence-corrected chi connectivity index (χ0v) is 20.2. The number of nitro benzene ring substituents is 1. The molecule has 0 unspecified atom stereocenters. The second-order valence-electron chi connectivity index (χ2n) is 8.28. The molecule has 0 aliphatic rings. The Morgan fingerprint density at radius 1 is 1.06 bits per heavy atom. The molecule has 0 saturated heterocycles. The van der Waals surface area contributed by atoms with Crippen molar-refractivity contribution in [1.82, 2.24) is 4.68 Å². The lowest BCUT2D eigenvalue weighted by molar-refractivity contribution is -0.671. The van der Waals surface area contributed by atoms with Gasteiger partial charge in [0.1, 0.15) is 11.9 Å². The third-order valence-electron chi connectivity index (χ3n) is 5.68. The highest BCUT2D eigenvalue weighted by atomic mass is 16.6. The minimum Gasteiger partial charge on any atom is -0.497 e. The molecule has 0 spiro atoms. The van der Waals surface area contributed by atoms with Crippen LogP contribution in [0.2, 0.25) is 0 Å². The van der Waals surface area contributed by atoms with Crippen molar-refractivity contribution in [3.8, 4) is 17.1 Å². The van der Waals surface area contributed by atoms with E-state index in [9.17, 15) is 14.9 Å². The van der Waals surface area contributed by atoms with Gasteiger partial charge in [0.25, 0.3) is 5.69 Å². The van der Waals surface area contributed by atoms with Gasteiger partial charge in [-0.15, -0.1) is 4.68 Å². The first-order valence-electron chi connectivity index (χ1n) is 11.2. The molecule has 0 fully saturated rings. The summed E-state index contributed by atoms with van der Waals surface area (Å²) in [6.07, 6.45) is 5.33. The number of nitrogens with zero attached hydrogens (tertiary/aromatic N) is 5. The third kappa shape index (κ3) is 5.47. The van der Waals surface area contributed by atoms with E-state index in [2.05, 4.69) is 5.10 Å². The maximum atomic E-state index is 13.0. The number of carbonyl (C=O) groups excluding carboxylic acids is 1. The van der Waals surface area contributed by atoms with Crippen LogP contribution < -0.4 is 14.2 Å². The topological polar surface area (TPSA) is 93.8 Å². The Hall–Kier alpha value is -4.79. The molecule has 1 aromatic heterocycles. The van der Waals surface area contributed by atoms with Crippen molar-refractivity contribution in [1.29, 1.82) is 0 Å². The summed E-state index contributed by atoms with van der Waals surface area (Å²) in [5.74, 6) is 1.24. The molecule has 1 heterocycles. The van der Waals surface area contributed by atoms with E-state index in [1.807, 2.05) is 67.5 Å². The van der Waals surface area contributed by atoms with Crippen LogP contribution in [0.3, 0.4) is 0 Å². The summed E-state index contributed by atoms with van der Waals surface area (Å²) in [6, 6.07) is 21.1. The number of hydrogen-bond acceptors (Lipinski definition) is 6. The lowest BCUT2D eigenvalue weighted by atomic mass is 10.1.